The maximum absolute atomic E-state index is 13.1. The Kier molecular flexibility index (Phi) is 6.23. The van der Waals surface area contributed by atoms with Gasteiger partial charge in [-0.15, -0.1) is 0 Å². The fourth-order valence-corrected chi connectivity index (χ4v) is 4.94. The highest BCUT2D eigenvalue weighted by Gasteiger charge is 2.30. The Morgan fingerprint density at radius 3 is 2.39 bits per heavy atom. The summed E-state index contributed by atoms with van der Waals surface area (Å²) in [6.07, 6.45) is 1.19. The van der Waals surface area contributed by atoms with E-state index in [1.54, 1.807) is 7.11 Å². The lowest BCUT2D eigenvalue weighted by Crippen LogP contribution is -2.53. The number of carbonyl (C=O) groups is 2. The standard InChI is InChI=1S/C24H33N3O4/c1-16-11-17(2)14-27(13-16)22(28)15-25-7-9-26(10-8-25)24(29)23-18(3)20-12-19(30-4)5-6-21(20)31-23/h5-6,12,16-17H,7-11,13-15H2,1-4H3/t16-,17-/m1/s1. The zero-order valence-corrected chi connectivity index (χ0v) is 19.0. The number of carbonyl (C=O) groups excluding carboxylic acids is 2. The van der Waals surface area contributed by atoms with Crippen molar-refractivity contribution in [2.75, 3.05) is 52.9 Å². The van der Waals surface area contributed by atoms with Crippen LogP contribution in [-0.4, -0.2) is 79.4 Å². The summed E-state index contributed by atoms with van der Waals surface area (Å²) < 4.78 is 11.2. The number of rotatable bonds is 4. The van der Waals surface area contributed by atoms with Crippen LogP contribution in [0.1, 0.15) is 36.4 Å². The number of piperazine rings is 1. The van der Waals surface area contributed by atoms with Crippen molar-refractivity contribution in [2.45, 2.75) is 27.2 Å². The summed E-state index contributed by atoms with van der Waals surface area (Å²) in [7, 11) is 1.62. The van der Waals surface area contributed by atoms with Gasteiger partial charge in [0.1, 0.15) is 11.3 Å². The second kappa shape index (κ2) is 8.91. The first-order chi connectivity index (χ1) is 14.9. The minimum Gasteiger partial charge on any atom is -0.497 e. The largest absolute Gasteiger partial charge is 0.497 e. The van der Waals surface area contributed by atoms with Gasteiger partial charge in [0.25, 0.3) is 5.91 Å². The van der Waals surface area contributed by atoms with Crippen LogP contribution in [0.15, 0.2) is 22.6 Å². The number of fused-ring (bicyclic) bond motifs is 1. The van der Waals surface area contributed by atoms with E-state index in [-0.39, 0.29) is 11.8 Å². The molecular weight excluding hydrogens is 394 g/mol. The third-order valence-electron chi connectivity index (χ3n) is 6.58. The Morgan fingerprint density at radius 2 is 1.74 bits per heavy atom. The molecular formula is C24H33N3O4. The van der Waals surface area contributed by atoms with E-state index < -0.39 is 0 Å². The normalized spacial score (nSPS) is 22.7. The highest BCUT2D eigenvalue weighted by Crippen LogP contribution is 2.29. The van der Waals surface area contributed by atoms with E-state index in [1.807, 2.05) is 34.9 Å². The molecule has 2 atom stereocenters. The van der Waals surface area contributed by atoms with E-state index in [4.69, 9.17) is 9.15 Å². The van der Waals surface area contributed by atoms with Crippen molar-refractivity contribution in [1.29, 1.82) is 0 Å². The van der Waals surface area contributed by atoms with Gasteiger partial charge in [0.05, 0.1) is 13.7 Å². The lowest BCUT2D eigenvalue weighted by Gasteiger charge is -2.38. The predicted molar refractivity (Wildman–Crippen MR) is 119 cm³/mol. The number of piperidine rings is 1. The number of ether oxygens (including phenoxy) is 1. The molecule has 7 heteroatoms. The topological polar surface area (TPSA) is 66.2 Å². The summed E-state index contributed by atoms with van der Waals surface area (Å²) in [6, 6.07) is 5.57. The Morgan fingerprint density at radius 1 is 1.06 bits per heavy atom. The quantitative estimate of drug-likeness (QED) is 0.751. The molecule has 0 unspecified atom stereocenters. The molecule has 1 aromatic carbocycles. The highest BCUT2D eigenvalue weighted by atomic mass is 16.5. The number of hydrogen-bond donors (Lipinski definition) is 0. The van der Waals surface area contributed by atoms with E-state index in [9.17, 15) is 9.59 Å². The second-order valence-electron chi connectivity index (χ2n) is 9.23. The smallest absolute Gasteiger partial charge is 0.289 e. The number of methoxy groups -OCH3 is 1. The van der Waals surface area contributed by atoms with Crippen LogP contribution in [0.3, 0.4) is 0 Å². The summed E-state index contributed by atoms with van der Waals surface area (Å²) in [5.41, 5.74) is 1.53. The van der Waals surface area contributed by atoms with Crippen molar-refractivity contribution in [3.8, 4) is 5.75 Å². The SMILES string of the molecule is COc1ccc2oc(C(=O)N3CCN(CC(=O)N4C[C@H](C)C[C@@H](C)C4)CC3)c(C)c2c1. The van der Waals surface area contributed by atoms with Crippen LogP contribution in [0, 0.1) is 18.8 Å². The zero-order valence-electron chi connectivity index (χ0n) is 19.0. The summed E-state index contributed by atoms with van der Waals surface area (Å²) >= 11 is 0. The second-order valence-corrected chi connectivity index (χ2v) is 9.23. The van der Waals surface area contributed by atoms with E-state index in [0.29, 0.717) is 55.9 Å². The van der Waals surface area contributed by atoms with Crippen LogP contribution in [-0.2, 0) is 4.79 Å². The van der Waals surface area contributed by atoms with Gasteiger partial charge < -0.3 is 19.0 Å². The summed E-state index contributed by atoms with van der Waals surface area (Å²) in [5.74, 6) is 2.39. The van der Waals surface area contributed by atoms with Crippen LogP contribution >= 0.6 is 0 Å². The molecule has 2 aromatic rings. The number of furan rings is 1. The van der Waals surface area contributed by atoms with E-state index >= 15 is 0 Å². The zero-order chi connectivity index (χ0) is 22.1. The van der Waals surface area contributed by atoms with Gasteiger partial charge in [0, 0.05) is 50.2 Å². The molecule has 0 saturated carbocycles. The van der Waals surface area contributed by atoms with Gasteiger partial charge in [-0.25, -0.2) is 0 Å². The van der Waals surface area contributed by atoms with Crippen molar-refractivity contribution < 1.29 is 18.7 Å². The number of amides is 2. The Labute approximate surface area is 183 Å². The van der Waals surface area contributed by atoms with Gasteiger partial charge in [0.15, 0.2) is 5.76 Å². The molecule has 2 aliphatic heterocycles. The molecule has 7 nitrogen and oxygen atoms in total. The van der Waals surface area contributed by atoms with Gasteiger partial charge in [0.2, 0.25) is 5.91 Å². The molecule has 0 bridgehead atoms. The molecule has 31 heavy (non-hydrogen) atoms. The van der Waals surface area contributed by atoms with Crippen molar-refractivity contribution in [3.05, 3.63) is 29.5 Å². The van der Waals surface area contributed by atoms with Crippen LogP contribution < -0.4 is 4.74 Å². The maximum atomic E-state index is 13.1. The van der Waals surface area contributed by atoms with Crippen LogP contribution in [0.5, 0.6) is 5.75 Å². The third-order valence-corrected chi connectivity index (χ3v) is 6.58. The number of hydrogen-bond acceptors (Lipinski definition) is 5. The van der Waals surface area contributed by atoms with Gasteiger partial charge in [-0.1, -0.05) is 13.8 Å². The molecule has 2 aliphatic rings. The molecule has 2 saturated heterocycles. The molecule has 0 spiro atoms. The van der Waals surface area contributed by atoms with E-state index in [0.717, 1.165) is 29.8 Å². The molecule has 0 N–H and O–H groups in total. The minimum atomic E-state index is -0.0858. The van der Waals surface area contributed by atoms with E-state index in [1.165, 1.54) is 6.42 Å². The molecule has 0 aliphatic carbocycles. The number of aryl methyl sites for hydroxylation is 1. The molecule has 4 rings (SSSR count). The first-order valence-corrected chi connectivity index (χ1v) is 11.2. The molecule has 3 heterocycles. The average Bonchev–Trinajstić information content (AvgIpc) is 3.09. The third kappa shape index (κ3) is 4.56. The first-order valence-electron chi connectivity index (χ1n) is 11.2. The van der Waals surface area contributed by atoms with Crippen molar-refractivity contribution in [1.82, 2.24) is 14.7 Å². The van der Waals surface area contributed by atoms with Crippen molar-refractivity contribution in [2.24, 2.45) is 11.8 Å². The van der Waals surface area contributed by atoms with Crippen LogP contribution in [0.25, 0.3) is 11.0 Å². The molecule has 0 radical (unpaired) electrons. The maximum Gasteiger partial charge on any atom is 0.289 e. The number of nitrogens with zero attached hydrogens (tertiary/aromatic N) is 3. The van der Waals surface area contributed by atoms with Gasteiger partial charge >= 0.3 is 0 Å². The molecule has 168 valence electrons. The van der Waals surface area contributed by atoms with Gasteiger partial charge in [-0.3, -0.25) is 14.5 Å². The van der Waals surface area contributed by atoms with E-state index in [2.05, 4.69) is 18.7 Å². The molecule has 2 amide bonds. The van der Waals surface area contributed by atoms with Gasteiger partial charge in [-0.2, -0.15) is 0 Å². The highest BCUT2D eigenvalue weighted by molar-refractivity contribution is 5.99. The lowest BCUT2D eigenvalue weighted by molar-refractivity contribution is -0.135. The number of likely N-dealkylation sites (tertiary alicyclic amines) is 1. The van der Waals surface area contributed by atoms with Crippen LogP contribution in [0.4, 0.5) is 0 Å². The van der Waals surface area contributed by atoms with Crippen LogP contribution in [0.2, 0.25) is 0 Å². The minimum absolute atomic E-state index is 0.0858. The predicted octanol–water partition coefficient (Wildman–Crippen LogP) is 3.01. The summed E-state index contributed by atoms with van der Waals surface area (Å²) in [5, 5.41) is 0.900. The Hall–Kier alpha value is -2.54. The fraction of sp³-hybridized carbons (Fsp3) is 0.583. The Bertz CT molecular complexity index is 951. The average molecular weight is 428 g/mol. The van der Waals surface area contributed by atoms with Crippen molar-refractivity contribution in [3.63, 3.8) is 0 Å². The first kappa shape index (κ1) is 21.7. The Balaban J connectivity index is 1.35. The number of benzene rings is 1. The van der Waals surface area contributed by atoms with Crippen molar-refractivity contribution >= 4 is 22.8 Å². The fourth-order valence-electron chi connectivity index (χ4n) is 4.94. The molecule has 2 fully saturated rings. The summed E-state index contributed by atoms with van der Waals surface area (Å²) in [6.45, 7) is 11.1. The lowest BCUT2D eigenvalue weighted by atomic mass is 9.92. The monoisotopic (exact) mass is 427 g/mol. The summed E-state index contributed by atoms with van der Waals surface area (Å²) in [4.78, 5) is 31.9. The van der Waals surface area contributed by atoms with Gasteiger partial charge in [-0.05, 0) is 43.4 Å². The molecule has 1 aromatic heterocycles.